The van der Waals surface area contributed by atoms with E-state index in [9.17, 15) is 4.39 Å². The molecule has 0 bridgehead atoms. The summed E-state index contributed by atoms with van der Waals surface area (Å²) >= 11 is 5.80. The third-order valence-corrected chi connectivity index (χ3v) is 4.36. The fourth-order valence-corrected chi connectivity index (χ4v) is 2.88. The van der Waals surface area contributed by atoms with Gasteiger partial charge in [-0.25, -0.2) is 4.39 Å². The van der Waals surface area contributed by atoms with Gasteiger partial charge < -0.3 is 4.74 Å². The Kier molecular flexibility index (Phi) is 3.22. The molecule has 0 aliphatic rings. The molecular formula is C10H14ClFOSi. The van der Waals surface area contributed by atoms with Gasteiger partial charge in [0.1, 0.15) is 0 Å². The zero-order chi connectivity index (χ0) is 10.9. The molecule has 1 aromatic carbocycles. The van der Waals surface area contributed by atoms with Gasteiger partial charge in [0.25, 0.3) is 0 Å². The van der Waals surface area contributed by atoms with Crippen LogP contribution in [0, 0.1) is 5.82 Å². The van der Waals surface area contributed by atoms with Gasteiger partial charge in [-0.05, 0) is 11.3 Å². The van der Waals surface area contributed by atoms with E-state index in [1.54, 1.807) is 12.1 Å². The quantitative estimate of drug-likeness (QED) is 0.713. The number of rotatable bonds is 2. The molecular weight excluding hydrogens is 219 g/mol. The van der Waals surface area contributed by atoms with E-state index in [-0.39, 0.29) is 11.6 Å². The minimum absolute atomic E-state index is 0.159. The van der Waals surface area contributed by atoms with Gasteiger partial charge >= 0.3 is 0 Å². The highest BCUT2D eigenvalue weighted by atomic mass is 35.5. The molecule has 0 heterocycles. The molecule has 0 spiro atoms. The van der Waals surface area contributed by atoms with Crippen LogP contribution in [0.2, 0.25) is 24.7 Å². The zero-order valence-corrected chi connectivity index (χ0v) is 10.6. The Morgan fingerprint density at radius 1 is 1.29 bits per heavy atom. The first-order valence-electron chi connectivity index (χ1n) is 4.40. The maximum atomic E-state index is 13.9. The maximum Gasteiger partial charge on any atom is 0.172 e. The summed E-state index contributed by atoms with van der Waals surface area (Å²) in [5.74, 6) is -0.147. The summed E-state index contributed by atoms with van der Waals surface area (Å²) in [6, 6.07) is 3.45. The zero-order valence-electron chi connectivity index (χ0n) is 8.82. The summed E-state index contributed by atoms with van der Waals surface area (Å²) in [5, 5.41) is 1.07. The molecule has 0 atom stereocenters. The molecule has 0 aliphatic carbocycles. The summed E-state index contributed by atoms with van der Waals surface area (Å²) in [7, 11) is -0.233. The van der Waals surface area contributed by atoms with Crippen LogP contribution in [0.3, 0.4) is 0 Å². The van der Waals surface area contributed by atoms with E-state index in [4.69, 9.17) is 16.3 Å². The summed E-state index contributed by atoms with van der Waals surface area (Å²) in [6.07, 6.45) is 0. The standard InChI is InChI=1S/C10H14ClFOSi/c1-13-10-7(11)5-6-8(9(10)12)14(2,3)4/h5-6H,1-4H3. The van der Waals surface area contributed by atoms with E-state index < -0.39 is 8.07 Å². The molecule has 0 amide bonds. The lowest BCUT2D eigenvalue weighted by molar-refractivity contribution is 0.388. The lowest BCUT2D eigenvalue weighted by Gasteiger charge is -2.19. The minimum atomic E-state index is -1.66. The van der Waals surface area contributed by atoms with Crippen LogP contribution >= 0.6 is 11.6 Å². The lowest BCUT2D eigenvalue weighted by Crippen LogP contribution is -2.40. The van der Waals surface area contributed by atoms with Crippen LogP contribution in [0.15, 0.2) is 12.1 Å². The molecule has 0 radical (unpaired) electrons. The second-order valence-corrected chi connectivity index (χ2v) is 9.64. The Bertz CT molecular complexity index is 347. The SMILES string of the molecule is COc1c(Cl)ccc([Si](C)(C)C)c1F. The molecule has 78 valence electrons. The van der Waals surface area contributed by atoms with Gasteiger partial charge in [-0.15, -0.1) is 0 Å². The minimum Gasteiger partial charge on any atom is -0.492 e. The van der Waals surface area contributed by atoms with Gasteiger partial charge in [0, 0.05) is 0 Å². The molecule has 0 aromatic heterocycles. The van der Waals surface area contributed by atoms with Gasteiger partial charge in [-0.3, -0.25) is 0 Å². The average molecular weight is 233 g/mol. The van der Waals surface area contributed by atoms with Crippen molar-refractivity contribution in [2.45, 2.75) is 19.6 Å². The van der Waals surface area contributed by atoms with Crippen molar-refractivity contribution in [3.8, 4) is 5.75 Å². The highest BCUT2D eigenvalue weighted by Crippen LogP contribution is 2.27. The van der Waals surface area contributed by atoms with Crippen LogP contribution in [0.5, 0.6) is 5.75 Å². The van der Waals surface area contributed by atoms with Gasteiger partial charge in [-0.1, -0.05) is 37.3 Å². The monoisotopic (exact) mass is 232 g/mol. The number of benzene rings is 1. The largest absolute Gasteiger partial charge is 0.492 e. The molecule has 0 saturated carbocycles. The molecule has 0 saturated heterocycles. The first kappa shape index (κ1) is 11.5. The van der Waals surface area contributed by atoms with Crippen molar-refractivity contribution < 1.29 is 9.13 Å². The molecule has 14 heavy (non-hydrogen) atoms. The highest BCUT2D eigenvalue weighted by Gasteiger charge is 2.24. The highest BCUT2D eigenvalue weighted by molar-refractivity contribution is 6.88. The maximum absolute atomic E-state index is 13.9. The third kappa shape index (κ3) is 2.09. The molecule has 1 rings (SSSR count). The van der Waals surface area contributed by atoms with Crippen LogP contribution in [0.4, 0.5) is 4.39 Å². The Hall–Kier alpha value is -0.543. The normalized spacial score (nSPS) is 11.6. The van der Waals surface area contributed by atoms with E-state index >= 15 is 0 Å². The second kappa shape index (κ2) is 3.91. The van der Waals surface area contributed by atoms with Gasteiger partial charge in [-0.2, -0.15) is 0 Å². The number of hydrogen-bond donors (Lipinski definition) is 0. The van der Waals surface area contributed by atoms with Crippen LogP contribution in [-0.4, -0.2) is 15.2 Å². The van der Waals surface area contributed by atoms with Crippen molar-refractivity contribution in [2.24, 2.45) is 0 Å². The van der Waals surface area contributed by atoms with Crippen molar-refractivity contribution in [3.63, 3.8) is 0 Å². The molecule has 0 N–H and O–H groups in total. The van der Waals surface area contributed by atoms with Crippen LogP contribution in [-0.2, 0) is 0 Å². The lowest BCUT2D eigenvalue weighted by atomic mass is 10.3. The smallest absolute Gasteiger partial charge is 0.172 e. The van der Waals surface area contributed by atoms with E-state index in [2.05, 4.69) is 19.6 Å². The van der Waals surface area contributed by atoms with Crippen molar-refractivity contribution in [1.82, 2.24) is 0 Å². The fourth-order valence-electron chi connectivity index (χ4n) is 1.30. The van der Waals surface area contributed by atoms with Gasteiger partial charge in [0.15, 0.2) is 11.6 Å². The van der Waals surface area contributed by atoms with Gasteiger partial charge in [0.05, 0.1) is 20.2 Å². The fraction of sp³-hybridized carbons (Fsp3) is 0.400. The molecule has 0 fully saturated rings. The van der Waals surface area contributed by atoms with Crippen LogP contribution in [0.25, 0.3) is 0 Å². The first-order valence-corrected chi connectivity index (χ1v) is 8.28. The van der Waals surface area contributed by atoms with Crippen molar-refractivity contribution in [2.75, 3.05) is 7.11 Å². The third-order valence-electron chi connectivity index (χ3n) is 2.06. The van der Waals surface area contributed by atoms with E-state index in [1.165, 1.54) is 7.11 Å². The predicted molar refractivity (Wildman–Crippen MR) is 60.9 cm³/mol. The number of methoxy groups -OCH3 is 1. The Balaban J connectivity index is 3.36. The molecule has 0 unspecified atom stereocenters. The van der Waals surface area contributed by atoms with Crippen LogP contribution < -0.4 is 9.92 Å². The number of halogens is 2. The summed E-state index contributed by atoms with van der Waals surface area (Å²) in [6.45, 7) is 6.25. The second-order valence-electron chi connectivity index (χ2n) is 4.19. The van der Waals surface area contributed by atoms with Crippen LogP contribution in [0.1, 0.15) is 0 Å². The van der Waals surface area contributed by atoms with Crippen molar-refractivity contribution in [1.29, 1.82) is 0 Å². The topological polar surface area (TPSA) is 9.23 Å². The molecule has 4 heteroatoms. The Morgan fingerprint density at radius 3 is 2.29 bits per heavy atom. The predicted octanol–water partition coefficient (Wildman–Crippen LogP) is 3.03. The summed E-state index contributed by atoms with van der Waals surface area (Å²) in [4.78, 5) is 0. The van der Waals surface area contributed by atoms with Crippen molar-refractivity contribution >= 4 is 24.9 Å². The summed E-state index contributed by atoms with van der Waals surface area (Å²) in [5.41, 5.74) is 0. The Labute approximate surface area is 89.9 Å². The molecule has 1 nitrogen and oxygen atoms in total. The van der Waals surface area contributed by atoms with Crippen molar-refractivity contribution in [3.05, 3.63) is 23.0 Å². The molecule has 1 aromatic rings. The van der Waals surface area contributed by atoms with E-state index in [1.807, 2.05) is 0 Å². The number of hydrogen-bond acceptors (Lipinski definition) is 1. The van der Waals surface area contributed by atoms with Gasteiger partial charge in [0.2, 0.25) is 0 Å². The van der Waals surface area contributed by atoms with E-state index in [0.717, 1.165) is 5.19 Å². The average Bonchev–Trinajstić information content (AvgIpc) is 2.02. The summed E-state index contributed by atoms with van der Waals surface area (Å²) < 4.78 is 18.8. The molecule has 0 aliphatic heterocycles. The number of ether oxygens (including phenoxy) is 1. The first-order chi connectivity index (χ1) is 6.38. The Morgan fingerprint density at radius 2 is 1.86 bits per heavy atom. The van der Waals surface area contributed by atoms with E-state index in [0.29, 0.717) is 5.02 Å².